The van der Waals surface area contributed by atoms with E-state index in [1.54, 1.807) is 4.90 Å². The van der Waals surface area contributed by atoms with Crippen LogP contribution in [-0.2, 0) is 11.3 Å². The molecule has 1 aromatic rings. The summed E-state index contributed by atoms with van der Waals surface area (Å²) in [6.07, 6.45) is 0. The van der Waals surface area contributed by atoms with E-state index >= 15 is 0 Å². The number of carbonyl (C=O) groups is 1. The average Bonchev–Trinajstić information content (AvgIpc) is 2.20. The first-order chi connectivity index (χ1) is 6.68. The molecule has 2 rings (SSSR count). The molecule has 1 aliphatic rings. The second-order valence-corrected chi connectivity index (χ2v) is 4.27. The molecule has 3 nitrogen and oxygen atoms in total. The Morgan fingerprint density at radius 1 is 1.50 bits per heavy atom. The van der Waals surface area contributed by atoms with E-state index in [0.29, 0.717) is 13.1 Å². The molecule has 1 aliphatic heterocycles. The molecule has 0 radical (unpaired) electrons. The van der Waals surface area contributed by atoms with Gasteiger partial charge in [-0.15, -0.1) is 0 Å². The highest BCUT2D eigenvalue weighted by Gasteiger charge is 2.33. The molecule has 1 atom stereocenters. The first-order valence-electron chi connectivity index (χ1n) is 4.46. The van der Waals surface area contributed by atoms with Crippen molar-refractivity contribution in [3.63, 3.8) is 0 Å². The van der Waals surface area contributed by atoms with E-state index in [4.69, 9.17) is 5.73 Å². The molecule has 14 heavy (non-hydrogen) atoms. The van der Waals surface area contributed by atoms with E-state index in [0.717, 1.165) is 10.0 Å². The summed E-state index contributed by atoms with van der Waals surface area (Å²) in [5.74, 6) is 0.0424. The summed E-state index contributed by atoms with van der Waals surface area (Å²) in [6.45, 7) is 1.31. The number of hydrogen-bond donors (Lipinski definition) is 1. The number of nitrogens with two attached hydrogens (primary N) is 1. The summed E-state index contributed by atoms with van der Waals surface area (Å²) >= 11 is 3.44. The fourth-order valence-corrected chi connectivity index (χ4v) is 1.91. The maximum atomic E-state index is 11.3. The lowest BCUT2D eigenvalue weighted by Gasteiger charge is -2.36. The van der Waals surface area contributed by atoms with Crippen molar-refractivity contribution in [2.24, 2.45) is 5.73 Å². The molecule has 1 amide bonds. The number of rotatable bonds is 2. The molecule has 1 aromatic carbocycles. The van der Waals surface area contributed by atoms with Gasteiger partial charge in [0.15, 0.2) is 0 Å². The van der Waals surface area contributed by atoms with Gasteiger partial charge < -0.3 is 10.6 Å². The number of nitrogens with zero attached hydrogens (tertiary/aromatic N) is 1. The largest absolute Gasteiger partial charge is 0.335 e. The Morgan fingerprint density at radius 2 is 2.21 bits per heavy atom. The number of benzene rings is 1. The predicted octanol–water partition coefficient (Wildman–Crippen LogP) is 1.12. The van der Waals surface area contributed by atoms with Crippen LogP contribution in [0.5, 0.6) is 0 Å². The van der Waals surface area contributed by atoms with Crippen LogP contribution in [0.2, 0.25) is 0 Å². The lowest BCUT2D eigenvalue weighted by atomic mass is 10.1. The highest BCUT2D eigenvalue weighted by Crippen LogP contribution is 2.20. The first kappa shape index (κ1) is 9.68. The van der Waals surface area contributed by atoms with Crippen molar-refractivity contribution in [1.29, 1.82) is 0 Å². The van der Waals surface area contributed by atoms with E-state index in [2.05, 4.69) is 15.9 Å². The number of amides is 1. The average molecular weight is 255 g/mol. The minimum Gasteiger partial charge on any atom is -0.335 e. The summed E-state index contributed by atoms with van der Waals surface area (Å²) in [4.78, 5) is 13.0. The number of hydrogen-bond acceptors (Lipinski definition) is 2. The van der Waals surface area contributed by atoms with Crippen molar-refractivity contribution in [1.82, 2.24) is 4.90 Å². The summed E-state index contributed by atoms with van der Waals surface area (Å²) < 4.78 is 1.04. The van der Waals surface area contributed by atoms with Gasteiger partial charge in [0, 0.05) is 17.6 Å². The summed E-state index contributed by atoms with van der Waals surface area (Å²) in [5, 5.41) is 0. The van der Waals surface area contributed by atoms with Crippen LogP contribution in [0.15, 0.2) is 28.7 Å². The summed E-state index contributed by atoms with van der Waals surface area (Å²) in [7, 11) is 0. The second-order valence-electron chi connectivity index (χ2n) is 3.42. The lowest BCUT2D eigenvalue weighted by Crippen LogP contribution is -2.60. The standard InChI is InChI=1S/C10H11BrN2O/c11-8-4-2-1-3-7(8)5-13-6-9(12)10(13)14/h1-4,9H,5-6,12H2. The molecular weight excluding hydrogens is 244 g/mol. The Labute approximate surface area is 91.0 Å². The van der Waals surface area contributed by atoms with Crippen LogP contribution in [0, 0.1) is 0 Å². The van der Waals surface area contributed by atoms with Crippen LogP contribution in [-0.4, -0.2) is 23.4 Å². The molecule has 1 fully saturated rings. The molecule has 1 unspecified atom stereocenters. The highest BCUT2D eigenvalue weighted by molar-refractivity contribution is 9.10. The fraction of sp³-hybridized carbons (Fsp3) is 0.300. The van der Waals surface area contributed by atoms with Gasteiger partial charge in [0.2, 0.25) is 5.91 Å². The molecule has 1 heterocycles. The Morgan fingerprint density at radius 3 is 2.79 bits per heavy atom. The summed E-state index contributed by atoms with van der Waals surface area (Å²) in [5.41, 5.74) is 6.62. The SMILES string of the molecule is NC1CN(Cc2ccccc2Br)C1=O. The topological polar surface area (TPSA) is 46.3 Å². The second kappa shape index (κ2) is 3.71. The Hall–Kier alpha value is -0.870. The van der Waals surface area contributed by atoms with E-state index in [-0.39, 0.29) is 11.9 Å². The van der Waals surface area contributed by atoms with Gasteiger partial charge in [0.1, 0.15) is 6.04 Å². The van der Waals surface area contributed by atoms with Crippen molar-refractivity contribution in [2.75, 3.05) is 6.54 Å². The van der Waals surface area contributed by atoms with Crippen molar-refractivity contribution >= 4 is 21.8 Å². The van der Waals surface area contributed by atoms with Crippen LogP contribution in [0.1, 0.15) is 5.56 Å². The van der Waals surface area contributed by atoms with E-state index in [9.17, 15) is 4.79 Å². The number of likely N-dealkylation sites (tertiary alicyclic amines) is 1. The van der Waals surface area contributed by atoms with Crippen LogP contribution in [0.4, 0.5) is 0 Å². The van der Waals surface area contributed by atoms with Crippen molar-refractivity contribution in [3.8, 4) is 0 Å². The normalized spacial score (nSPS) is 20.9. The number of halogens is 1. The van der Waals surface area contributed by atoms with Crippen LogP contribution >= 0.6 is 15.9 Å². The Bertz CT molecular complexity index is 367. The molecule has 0 saturated carbocycles. The third kappa shape index (κ3) is 1.67. The van der Waals surface area contributed by atoms with Gasteiger partial charge in [-0.1, -0.05) is 34.1 Å². The van der Waals surface area contributed by atoms with E-state index in [1.165, 1.54) is 0 Å². The third-order valence-corrected chi connectivity index (χ3v) is 3.14. The Balaban J connectivity index is 2.06. The van der Waals surface area contributed by atoms with Gasteiger partial charge in [-0.2, -0.15) is 0 Å². The predicted molar refractivity (Wildman–Crippen MR) is 57.5 cm³/mol. The van der Waals surface area contributed by atoms with Gasteiger partial charge in [-0.05, 0) is 11.6 Å². The molecule has 0 spiro atoms. The minimum atomic E-state index is -0.280. The zero-order chi connectivity index (χ0) is 10.1. The molecule has 74 valence electrons. The molecule has 0 bridgehead atoms. The quantitative estimate of drug-likeness (QED) is 0.805. The van der Waals surface area contributed by atoms with E-state index < -0.39 is 0 Å². The van der Waals surface area contributed by atoms with Gasteiger partial charge in [0.25, 0.3) is 0 Å². The van der Waals surface area contributed by atoms with Crippen LogP contribution in [0.3, 0.4) is 0 Å². The summed E-state index contributed by atoms with van der Waals surface area (Å²) in [6, 6.07) is 7.61. The molecule has 0 aromatic heterocycles. The van der Waals surface area contributed by atoms with Gasteiger partial charge in [0.05, 0.1) is 0 Å². The monoisotopic (exact) mass is 254 g/mol. The lowest BCUT2D eigenvalue weighted by molar-refractivity contribution is -0.143. The van der Waals surface area contributed by atoms with E-state index in [1.807, 2.05) is 24.3 Å². The highest BCUT2D eigenvalue weighted by atomic mass is 79.9. The smallest absolute Gasteiger partial charge is 0.241 e. The van der Waals surface area contributed by atoms with Crippen molar-refractivity contribution in [3.05, 3.63) is 34.3 Å². The van der Waals surface area contributed by atoms with Gasteiger partial charge in [-0.25, -0.2) is 0 Å². The van der Waals surface area contributed by atoms with Crippen LogP contribution in [0.25, 0.3) is 0 Å². The molecular formula is C10H11BrN2O. The van der Waals surface area contributed by atoms with Crippen molar-refractivity contribution in [2.45, 2.75) is 12.6 Å². The molecule has 0 aliphatic carbocycles. The van der Waals surface area contributed by atoms with Gasteiger partial charge >= 0.3 is 0 Å². The molecule has 4 heteroatoms. The zero-order valence-electron chi connectivity index (χ0n) is 7.61. The first-order valence-corrected chi connectivity index (χ1v) is 5.25. The minimum absolute atomic E-state index is 0.0424. The molecule has 1 saturated heterocycles. The third-order valence-electron chi connectivity index (χ3n) is 2.36. The maximum Gasteiger partial charge on any atom is 0.241 e. The number of β-lactam (4-membered cyclic amide) rings is 1. The number of carbonyl (C=O) groups excluding carboxylic acids is 1. The fourth-order valence-electron chi connectivity index (χ4n) is 1.50. The zero-order valence-corrected chi connectivity index (χ0v) is 9.20. The molecule has 2 N–H and O–H groups in total. The van der Waals surface area contributed by atoms with Gasteiger partial charge in [-0.3, -0.25) is 4.79 Å². The Kier molecular flexibility index (Phi) is 2.56. The maximum absolute atomic E-state index is 11.3. The van der Waals surface area contributed by atoms with Crippen LogP contribution < -0.4 is 5.73 Å². The van der Waals surface area contributed by atoms with Crippen molar-refractivity contribution < 1.29 is 4.79 Å².